The van der Waals surface area contributed by atoms with Gasteiger partial charge >= 0.3 is 12.1 Å². The quantitative estimate of drug-likeness (QED) is 0.704. The topological polar surface area (TPSA) is 79.5 Å². The number of hydrazine groups is 1. The van der Waals surface area contributed by atoms with Crippen LogP contribution in [0.25, 0.3) is 0 Å². The van der Waals surface area contributed by atoms with Crippen LogP contribution in [0.1, 0.15) is 18.1 Å². The molecule has 0 aromatic heterocycles. The Labute approximate surface area is 106 Å². The molecule has 0 bridgehead atoms. The summed E-state index contributed by atoms with van der Waals surface area (Å²) in [6.07, 6.45) is -0.700. The minimum Gasteiger partial charge on any atom is -0.449 e. The second-order valence-corrected chi connectivity index (χ2v) is 3.69. The molecule has 0 aliphatic carbocycles. The molecule has 1 rings (SSSR count). The van der Waals surface area contributed by atoms with E-state index in [1.165, 1.54) is 0 Å². The highest BCUT2D eigenvalue weighted by Gasteiger charge is 2.07. The third-order valence-corrected chi connectivity index (χ3v) is 2.27. The van der Waals surface area contributed by atoms with Crippen LogP contribution in [0.3, 0.4) is 0 Å². The van der Waals surface area contributed by atoms with E-state index in [0.717, 1.165) is 16.8 Å². The molecule has 3 amide bonds. The van der Waals surface area contributed by atoms with Gasteiger partial charge in [0.2, 0.25) is 0 Å². The van der Waals surface area contributed by atoms with Crippen LogP contribution in [0.4, 0.5) is 15.3 Å². The fourth-order valence-electron chi connectivity index (χ4n) is 1.43. The molecule has 18 heavy (non-hydrogen) atoms. The summed E-state index contributed by atoms with van der Waals surface area (Å²) in [5, 5.41) is 2.66. The third-order valence-electron chi connectivity index (χ3n) is 2.27. The number of hydrogen-bond acceptors (Lipinski definition) is 3. The number of anilines is 1. The lowest BCUT2D eigenvalue weighted by Gasteiger charge is -2.12. The Bertz CT molecular complexity index is 426. The first-order chi connectivity index (χ1) is 8.54. The maximum Gasteiger partial charge on any atom is 0.426 e. The minimum atomic E-state index is -0.700. The van der Waals surface area contributed by atoms with E-state index in [9.17, 15) is 9.59 Å². The maximum absolute atomic E-state index is 11.5. The van der Waals surface area contributed by atoms with Crippen molar-refractivity contribution in [3.63, 3.8) is 0 Å². The fraction of sp³-hybridized carbons (Fsp3) is 0.333. The van der Waals surface area contributed by atoms with Gasteiger partial charge in [-0.2, -0.15) is 0 Å². The molecule has 6 heteroatoms. The Kier molecular flexibility index (Phi) is 4.98. The first kappa shape index (κ1) is 13.8. The van der Waals surface area contributed by atoms with Crippen molar-refractivity contribution in [2.45, 2.75) is 20.8 Å². The zero-order valence-electron chi connectivity index (χ0n) is 10.7. The third kappa shape index (κ3) is 3.97. The molecule has 0 aliphatic rings. The van der Waals surface area contributed by atoms with Gasteiger partial charge in [-0.25, -0.2) is 20.4 Å². The molecule has 6 nitrogen and oxygen atoms in total. The molecule has 0 fully saturated rings. The van der Waals surface area contributed by atoms with Crippen molar-refractivity contribution in [2.75, 3.05) is 11.9 Å². The van der Waals surface area contributed by atoms with Gasteiger partial charge in [-0.1, -0.05) is 18.2 Å². The highest BCUT2D eigenvalue weighted by atomic mass is 16.6. The summed E-state index contributed by atoms with van der Waals surface area (Å²) < 4.78 is 4.60. The summed E-state index contributed by atoms with van der Waals surface area (Å²) in [5.74, 6) is 0. The average Bonchev–Trinajstić information content (AvgIpc) is 2.32. The summed E-state index contributed by atoms with van der Waals surface area (Å²) in [4.78, 5) is 22.5. The van der Waals surface area contributed by atoms with E-state index in [-0.39, 0.29) is 6.61 Å². The van der Waals surface area contributed by atoms with Crippen LogP contribution >= 0.6 is 0 Å². The number of carbonyl (C=O) groups excluding carboxylic acids is 2. The monoisotopic (exact) mass is 251 g/mol. The van der Waals surface area contributed by atoms with Gasteiger partial charge in [0.15, 0.2) is 0 Å². The smallest absolute Gasteiger partial charge is 0.426 e. The number of carbonyl (C=O) groups is 2. The molecule has 0 saturated carbocycles. The van der Waals surface area contributed by atoms with Gasteiger partial charge in [0, 0.05) is 5.69 Å². The Hall–Kier alpha value is -2.24. The molecule has 0 unspecified atom stereocenters. The number of para-hydroxylation sites is 1. The van der Waals surface area contributed by atoms with Crippen LogP contribution in [0.2, 0.25) is 0 Å². The van der Waals surface area contributed by atoms with Crippen LogP contribution in [0, 0.1) is 13.8 Å². The number of nitrogens with one attached hydrogen (secondary N) is 3. The molecule has 0 radical (unpaired) electrons. The standard InChI is InChI=1S/C12H17N3O3/c1-4-18-12(17)15-14-11(16)13-10-8(2)6-5-7-9(10)3/h5-7H,4H2,1-3H3,(H,15,17)(H2,13,14,16). The Morgan fingerprint density at radius 1 is 1.17 bits per heavy atom. The molecule has 3 N–H and O–H groups in total. The lowest BCUT2D eigenvalue weighted by molar-refractivity contribution is 0.148. The van der Waals surface area contributed by atoms with Crippen LogP contribution in [0.5, 0.6) is 0 Å². The molecule has 0 heterocycles. The molecule has 0 aliphatic heterocycles. The lowest BCUT2D eigenvalue weighted by Crippen LogP contribution is -2.44. The van der Waals surface area contributed by atoms with Gasteiger partial charge in [0.25, 0.3) is 0 Å². The van der Waals surface area contributed by atoms with E-state index in [2.05, 4.69) is 20.9 Å². The summed E-state index contributed by atoms with van der Waals surface area (Å²) in [6, 6.07) is 5.16. The normalized spacial score (nSPS) is 9.50. The molecular weight excluding hydrogens is 234 g/mol. The van der Waals surface area contributed by atoms with Gasteiger partial charge in [0.1, 0.15) is 0 Å². The number of rotatable bonds is 2. The average molecular weight is 251 g/mol. The molecule has 1 aromatic carbocycles. The Morgan fingerprint density at radius 3 is 2.33 bits per heavy atom. The first-order valence-electron chi connectivity index (χ1n) is 5.60. The zero-order valence-corrected chi connectivity index (χ0v) is 10.7. The number of ether oxygens (including phenoxy) is 1. The van der Waals surface area contributed by atoms with Gasteiger partial charge in [-0.15, -0.1) is 0 Å². The van der Waals surface area contributed by atoms with Crippen LogP contribution in [-0.4, -0.2) is 18.7 Å². The van der Waals surface area contributed by atoms with Crippen molar-refractivity contribution in [3.8, 4) is 0 Å². The first-order valence-corrected chi connectivity index (χ1v) is 5.60. The van der Waals surface area contributed by atoms with E-state index in [0.29, 0.717) is 0 Å². The van der Waals surface area contributed by atoms with Gasteiger partial charge in [0.05, 0.1) is 6.61 Å². The summed E-state index contributed by atoms with van der Waals surface area (Å²) in [6.45, 7) is 5.70. The maximum atomic E-state index is 11.5. The van der Waals surface area contributed by atoms with Crippen LogP contribution < -0.4 is 16.2 Å². The highest BCUT2D eigenvalue weighted by Crippen LogP contribution is 2.18. The number of amides is 3. The van der Waals surface area contributed by atoms with Gasteiger partial charge in [-0.05, 0) is 31.9 Å². The largest absolute Gasteiger partial charge is 0.449 e. The second-order valence-electron chi connectivity index (χ2n) is 3.69. The number of hydrogen-bond donors (Lipinski definition) is 3. The molecule has 1 aromatic rings. The molecule has 98 valence electrons. The summed E-state index contributed by atoms with van der Waals surface area (Å²) in [7, 11) is 0. The Morgan fingerprint density at radius 2 is 1.78 bits per heavy atom. The van der Waals surface area contributed by atoms with Crippen molar-refractivity contribution in [1.29, 1.82) is 0 Å². The van der Waals surface area contributed by atoms with Crippen molar-refractivity contribution < 1.29 is 14.3 Å². The number of urea groups is 1. The minimum absolute atomic E-state index is 0.242. The summed E-state index contributed by atoms with van der Waals surface area (Å²) >= 11 is 0. The van der Waals surface area contributed by atoms with Crippen molar-refractivity contribution in [2.24, 2.45) is 0 Å². The van der Waals surface area contributed by atoms with Crippen LogP contribution in [-0.2, 0) is 4.74 Å². The Balaban J connectivity index is 2.52. The van der Waals surface area contributed by atoms with Gasteiger partial charge < -0.3 is 10.1 Å². The zero-order chi connectivity index (χ0) is 13.5. The van der Waals surface area contributed by atoms with Crippen molar-refractivity contribution in [1.82, 2.24) is 10.9 Å². The van der Waals surface area contributed by atoms with E-state index in [1.807, 2.05) is 32.0 Å². The molecular formula is C12H17N3O3. The number of benzene rings is 1. The summed E-state index contributed by atoms with van der Waals surface area (Å²) in [5.41, 5.74) is 6.93. The van der Waals surface area contributed by atoms with E-state index >= 15 is 0 Å². The van der Waals surface area contributed by atoms with Gasteiger partial charge in [-0.3, -0.25) is 0 Å². The van der Waals surface area contributed by atoms with Crippen molar-refractivity contribution >= 4 is 17.8 Å². The van der Waals surface area contributed by atoms with E-state index in [4.69, 9.17) is 0 Å². The van der Waals surface area contributed by atoms with E-state index < -0.39 is 12.1 Å². The molecule has 0 spiro atoms. The molecule has 0 atom stereocenters. The van der Waals surface area contributed by atoms with Crippen molar-refractivity contribution in [3.05, 3.63) is 29.3 Å². The lowest BCUT2D eigenvalue weighted by atomic mass is 10.1. The second kappa shape index (κ2) is 6.48. The predicted molar refractivity (Wildman–Crippen MR) is 68.2 cm³/mol. The number of aryl methyl sites for hydroxylation is 2. The van der Waals surface area contributed by atoms with Crippen LogP contribution in [0.15, 0.2) is 18.2 Å². The SMILES string of the molecule is CCOC(=O)NNC(=O)Nc1c(C)cccc1C. The molecule has 0 saturated heterocycles. The highest BCUT2D eigenvalue weighted by molar-refractivity contribution is 5.91. The van der Waals surface area contributed by atoms with E-state index in [1.54, 1.807) is 6.92 Å². The predicted octanol–water partition coefficient (Wildman–Crippen LogP) is 2.09. The fourth-order valence-corrected chi connectivity index (χ4v) is 1.43.